The highest BCUT2D eigenvalue weighted by molar-refractivity contribution is 5.94. The SMILES string of the molecule is Cc1cccc(C(=O)N2CCCC(CNC(=O)C3CCCN3)C2)c1. The van der Waals surface area contributed by atoms with Gasteiger partial charge in [-0.15, -0.1) is 0 Å². The zero-order chi connectivity index (χ0) is 16.9. The van der Waals surface area contributed by atoms with Gasteiger partial charge in [-0.25, -0.2) is 0 Å². The molecule has 130 valence electrons. The van der Waals surface area contributed by atoms with E-state index in [-0.39, 0.29) is 17.9 Å². The molecule has 2 N–H and O–H groups in total. The lowest BCUT2D eigenvalue weighted by atomic mass is 9.97. The summed E-state index contributed by atoms with van der Waals surface area (Å²) in [4.78, 5) is 26.7. The monoisotopic (exact) mass is 329 g/mol. The second-order valence-corrected chi connectivity index (χ2v) is 7.02. The van der Waals surface area contributed by atoms with E-state index < -0.39 is 0 Å². The van der Waals surface area contributed by atoms with Crippen molar-refractivity contribution in [1.29, 1.82) is 0 Å². The highest BCUT2D eigenvalue weighted by atomic mass is 16.2. The number of likely N-dealkylation sites (tertiary alicyclic amines) is 1. The number of piperidine rings is 1. The minimum Gasteiger partial charge on any atom is -0.354 e. The second kappa shape index (κ2) is 7.79. The molecule has 0 spiro atoms. The lowest BCUT2D eigenvalue weighted by molar-refractivity contribution is -0.123. The van der Waals surface area contributed by atoms with Gasteiger partial charge in [-0.2, -0.15) is 0 Å². The standard InChI is InChI=1S/C19H27N3O2/c1-14-5-2-7-16(11-14)19(24)22-10-4-6-15(13-22)12-21-18(23)17-8-3-9-20-17/h2,5,7,11,15,17,20H,3-4,6,8-10,12-13H2,1H3,(H,21,23). The minimum atomic E-state index is -0.0291. The van der Waals surface area contributed by atoms with E-state index in [1.54, 1.807) is 0 Å². The summed E-state index contributed by atoms with van der Waals surface area (Å²) in [5, 5.41) is 6.28. The summed E-state index contributed by atoms with van der Waals surface area (Å²) < 4.78 is 0. The van der Waals surface area contributed by atoms with Crippen LogP contribution in [-0.4, -0.2) is 48.9 Å². The van der Waals surface area contributed by atoms with Gasteiger partial charge < -0.3 is 15.5 Å². The molecule has 2 atom stereocenters. The molecule has 1 aromatic carbocycles. The fourth-order valence-corrected chi connectivity index (χ4v) is 3.65. The third-order valence-electron chi connectivity index (χ3n) is 5.01. The number of carbonyl (C=O) groups excluding carboxylic acids is 2. The average Bonchev–Trinajstić information content (AvgIpc) is 3.14. The molecule has 2 saturated heterocycles. The van der Waals surface area contributed by atoms with Crippen molar-refractivity contribution in [3.63, 3.8) is 0 Å². The fraction of sp³-hybridized carbons (Fsp3) is 0.579. The van der Waals surface area contributed by atoms with E-state index in [0.29, 0.717) is 12.5 Å². The van der Waals surface area contributed by atoms with Gasteiger partial charge in [0.05, 0.1) is 6.04 Å². The van der Waals surface area contributed by atoms with Gasteiger partial charge in [0.1, 0.15) is 0 Å². The van der Waals surface area contributed by atoms with E-state index in [0.717, 1.165) is 56.4 Å². The van der Waals surface area contributed by atoms with Crippen LogP contribution >= 0.6 is 0 Å². The van der Waals surface area contributed by atoms with Crippen LogP contribution in [0.4, 0.5) is 0 Å². The molecule has 2 unspecified atom stereocenters. The summed E-state index contributed by atoms with van der Waals surface area (Å²) >= 11 is 0. The van der Waals surface area contributed by atoms with Crippen molar-refractivity contribution in [3.05, 3.63) is 35.4 Å². The number of aryl methyl sites for hydroxylation is 1. The number of nitrogens with one attached hydrogen (secondary N) is 2. The van der Waals surface area contributed by atoms with Crippen LogP contribution in [0.15, 0.2) is 24.3 Å². The minimum absolute atomic E-state index is 0.0291. The van der Waals surface area contributed by atoms with Crippen molar-refractivity contribution >= 4 is 11.8 Å². The molecule has 5 heteroatoms. The Morgan fingerprint density at radius 3 is 2.92 bits per heavy atom. The maximum Gasteiger partial charge on any atom is 0.253 e. The molecule has 2 aliphatic rings. The summed E-state index contributed by atoms with van der Waals surface area (Å²) in [6, 6.07) is 7.73. The van der Waals surface area contributed by atoms with Gasteiger partial charge in [-0.1, -0.05) is 17.7 Å². The Bertz CT molecular complexity index is 596. The summed E-state index contributed by atoms with van der Waals surface area (Å²) in [6.45, 7) is 5.13. The van der Waals surface area contributed by atoms with Crippen LogP contribution < -0.4 is 10.6 Å². The Morgan fingerprint density at radius 2 is 2.17 bits per heavy atom. The molecule has 2 aliphatic heterocycles. The number of benzene rings is 1. The molecule has 2 amide bonds. The van der Waals surface area contributed by atoms with Crippen LogP contribution in [0.3, 0.4) is 0 Å². The highest BCUT2D eigenvalue weighted by Crippen LogP contribution is 2.19. The quantitative estimate of drug-likeness (QED) is 0.884. The number of hydrogen-bond acceptors (Lipinski definition) is 3. The Morgan fingerprint density at radius 1 is 1.29 bits per heavy atom. The first-order valence-corrected chi connectivity index (χ1v) is 9.00. The normalized spacial score (nSPS) is 24.0. The molecular formula is C19H27N3O2. The van der Waals surface area contributed by atoms with Gasteiger partial charge in [0.15, 0.2) is 0 Å². The lowest BCUT2D eigenvalue weighted by Crippen LogP contribution is -2.46. The smallest absolute Gasteiger partial charge is 0.253 e. The molecule has 0 aromatic heterocycles. The largest absolute Gasteiger partial charge is 0.354 e. The van der Waals surface area contributed by atoms with Crippen LogP contribution in [-0.2, 0) is 4.79 Å². The molecule has 2 heterocycles. The van der Waals surface area contributed by atoms with Gasteiger partial charge in [-0.05, 0) is 57.2 Å². The molecule has 24 heavy (non-hydrogen) atoms. The summed E-state index contributed by atoms with van der Waals surface area (Å²) in [7, 11) is 0. The zero-order valence-corrected chi connectivity index (χ0v) is 14.4. The maximum atomic E-state index is 12.7. The highest BCUT2D eigenvalue weighted by Gasteiger charge is 2.26. The summed E-state index contributed by atoms with van der Waals surface area (Å²) in [6.07, 6.45) is 4.06. The molecule has 0 bridgehead atoms. The number of carbonyl (C=O) groups is 2. The lowest BCUT2D eigenvalue weighted by Gasteiger charge is -2.33. The Hall–Kier alpha value is -1.88. The van der Waals surface area contributed by atoms with Crippen molar-refractivity contribution in [2.45, 2.75) is 38.6 Å². The van der Waals surface area contributed by atoms with Crippen molar-refractivity contribution in [3.8, 4) is 0 Å². The van der Waals surface area contributed by atoms with E-state index in [1.807, 2.05) is 36.1 Å². The molecular weight excluding hydrogens is 302 g/mol. The van der Waals surface area contributed by atoms with E-state index in [9.17, 15) is 9.59 Å². The molecule has 5 nitrogen and oxygen atoms in total. The van der Waals surface area contributed by atoms with Gasteiger partial charge >= 0.3 is 0 Å². The first kappa shape index (κ1) is 17.0. The van der Waals surface area contributed by atoms with Crippen LogP contribution in [0.2, 0.25) is 0 Å². The van der Waals surface area contributed by atoms with E-state index >= 15 is 0 Å². The number of rotatable bonds is 4. The maximum absolute atomic E-state index is 12.7. The Kier molecular flexibility index (Phi) is 5.51. The summed E-state index contributed by atoms with van der Waals surface area (Å²) in [5.74, 6) is 0.555. The van der Waals surface area contributed by atoms with Crippen molar-refractivity contribution < 1.29 is 9.59 Å². The van der Waals surface area contributed by atoms with Crippen LogP contribution in [0.25, 0.3) is 0 Å². The van der Waals surface area contributed by atoms with E-state index in [1.165, 1.54) is 0 Å². The van der Waals surface area contributed by atoms with Crippen molar-refractivity contribution in [1.82, 2.24) is 15.5 Å². The third kappa shape index (κ3) is 4.15. The van der Waals surface area contributed by atoms with Crippen LogP contribution in [0.1, 0.15) is 41.6 Å². The van der Waals surface area contributed by atoms with Gasteiger partial charge in [0, 0.05) is 25.2 Å². The topological polar surface area (TPSA) is 61.4 Å². The molecule has 3 rings (SSSR count). The first-order valence-electron chi connectivity index (χ1n) is 9.00. The Balaban J connectivity index is 1.52. The molecule has 0 saturated carbocycles. The first-order chi connectivity index (χ1) is 11.6. The molecule has 1 aromatic rings. The molecule has 0 aliphatic carbocycles. The van der Waals surface area contributed by atoms with Gasteiger partial charge in [0.2, 0.25) is 5.91 Å². The zero-order valence-electron chi connectivity index (χ0n) is 14.4. The number of nitrogens with zero attached hydrogens (tertiary/aromatic N) is 1. The van der Waals surface area contributed by atoms with E-state index in [2.05, 4.69) is 10.6 Å². The van der Waals surface area contributed by atoms with Crippen LogP contribution in [0.5, 0.6) is 0 Å². The van der Waals surface area contributed by atoms with Gasteiger partial charge in [0.25, 0.3) is 5.91 Å². The van der Waals surface area contributed by atoms with E-state index in [4.69, 9.17) is 0 Å². The number of amides is 2. The average molecular weight is 329 g/mol. The fourth-order valence-electron chi connectivity index (χ4n) is 3.65. The molecule has 2 fully saturated rings. The Labute approximate surface area is 143 Å². The second-order valence-electron chi connectivity index (χ2n) is 7.02. The molecule has 0 radical (unpaired) electrons. The predicted octanol–water partition coefficient (Wildman–Crippen LogP) is 1.72. The predicted molar refractivity (Wildman–Crippen MR) is 93.8 cm³/mol. The van der Waals surface area contributed by atoms with Crippen molar-refractivity contribution in [2.24, 2.45) is 5.92 Å². The summed E-state index contributed by atoms with van der Waals surface area (Å²) in [5.41, 5.74) is 1.86. The third-order valence-corrected chi connectivity index (χ3v) is 5.01. The van der Waals surface area contributed by atoms with Crippen molar-refractivity contribution in [2.75, 3.05) is 26.2 Å². The number of hydrogen-bond donors (Lipinski definition) is 2. The van der Waals surface area contributed by atoms with Crippen LogP contribution in [0, 0.1) is 12.8 Å². The van der Waals surface area contributed by atoms with Gasteiger partial charge in [-0.3, -0.25) is 9.59 Å².